The van der Waals surface area contributed by atoms with Crippen LogP contribution in [0.25, 0.3) is 0 Å². The summed E-state index contributed by atoms with van der Waals surface area (Å²) < 4.78 is 0. The van der Waals surface area contributed by atoms with E-state index >= 15 is 0 Å². The number of nitrogens with two attached hydrogens (primary N) is 2. The molecule has 2 rings (SSSR count). The molecule has 1 amide bonds. The molecule has 1 aliphatic rings. The summed E-state index contributed by atoms with van der Waals surface area (Å²) in [6.45, 7) is 2.31. The van der Waals surface area contributed by atoms with Crippen LogP contribution in [0.15, 0.2) is 18.2 Å². The second kappa shape index (κ2) is 3.88. The summed E-state index contributed by atoms with van der Waals surface area (Å²) in [6.07, 6.45) is 1.32. The molecule has 0 saturated carbocycles. The molecule has 16 heavy (non-hydrogen) atoms. The number of hydrogen-bond acceptors (Lipinski definition) is 3. The summed E-state index contributed by atoms with van der Waals surface area (Å²) in [5, 5.41) is 2.85. The minimum Gasteiger partial charge on any atom is -0.328 e. The van der Waals surface area contributed by atoms with Gasteiger partial charge in [0, 0.05) is 18.7 Å². The number of carbonyl (C=O) groups is 1. The maximum absolute atomic E-state index is 11.2. The van der Waals surface area contributed by atoms with Crippen molar-refractivity contribution in [1.82, 2.24) is 0 Å². The Hall–Kier alpha value is -1.39. The van der Waals surface area contributed by atoms with Crippen molar-refractivity contribution in [3.05, 3.63) is 29.3 Å². The molecular weight excluding hydrogens is 202 g/mol. The lowest BCUT2D eigenvalue weighted by Gasteiger charge is -2.26. The van der Waals surface area contributed by atoms with Crippen molar-refractivity contribution in [2.45, 2.75) is 25.3 Å². The van der Waals surface area contributed by atoms with Crippen molar-refractivity contribution < 1.29 is 4.79 Å². The second-order valence-corrected chi connectivity index (χ2v) is 4.54. The largest absolute Gasteiger partial charge is 0.328 e. The molecular formula is C12H17N3O. The van der Waals surface area contributed by atoms with Crippen LogP contribution < -0.4 is 16.8 Å². The van der Waals surface area contributed by atoms with E-state index in [0.29, 0.717) is 13.0 Å². The van der Waals surface area contributed by atoms with Crippen LogP contribution >= 0.6 is 0 Å². The van der Waals surface area contributed by atoms with Gasteiger partial charge in [-0.3, -0.25) is 4.79 Å². The van der Waals surface area contributed by atoms with Gasteiger partial charge in [0.1, 0.15) is 0 Å². The van der Waals surface area contributed by atoms with Crippen molar-refractivity contribution >= 4 is 11.6 Å². The molecule has 86 valence electrons. The fourth-order valence-electron chi connectivity index (χ4n) is 1.86. The lowest BCUT2D eigenvalue weighted by Crippen LogP contribution is -2.41. The highest BCUT2D eigenvalue weighted by atomic mass is 16.1. The lowest BCUT2D eigenvalue weighted by atomic mass is 9.89. The first-order valence-corrected chi connectivity index (χ1v) is 5.45. The van der Waals surface area contributed by atoms with Gasteiger partial charge in [-0.25, -0.2) is 0 Å². The third kappa shape index (κ3) is 1.94. The summed E-state index contributed by atoms with van der Waals surface area (Å²) in [4.78, 5) is 11.2. The second-order valence-electron chi connectivity index (χ2n) is 4.54. The third-order valence-electron chi connectivity index (χ3n) is 3.08. The Morgan fingerprint density at radius 3 is 2.88 bits per heavy atom. The van der Waals surface area contributed by atoms with Gasteiger partial charge in [0.25, 0.3) is 0 Å². The number of benzene rings is 1. The van der Waals surface area contributed by atoms with E-state index in [1.54, 1.807) is 0 Å². The summed E-state index contributed by atoms with van der Waals surface area (Å²) in [6, 6.07) is 5.88. The Kier molecular flexibility index (Phi) is 2.69. The molecule has 1 aromatic rings. The van der Waals surface area contributed by atoms with Crippen LogP contribution in [0, 0.1) is 0 Å². The van der Waals surface area contributed by atoms with Gasteiger partial charge in [-0.1, -0.05) is 12.1 Å². The van der Waals surface area contributed by atoms with Crippen LogP contribution in [0.1, 0.15) is 24.5 Å². The average Bonchev–Trinajstić information content (AvgIpc) is 2.28. The van der Waals surface area contributed by atoms with Gasteiger partial charge in [0.05, 0.1) is 5.54 Å². The number of nitrogens with one attached hydrogen (secondary N) is 1. The Bertz CT molecular complexity index is 426. The van der Waals surface area contributed by atoms with Gasteiger partial charge in [-0.05, 0) is 30.5 Å². The van der Waals surface area contributed by atoms with Crippen LogP contribution in [-0.2, 0) is 16.8 Å². The van der Waals surface area contributed by atoms with Crippen LogP contribution in [0.2, 0.25) is 0 Å². The quantitative estimate of drug-likeness (QED) is 0.685. The Morgan fingerprint density at radius 2 is 2.19 bits per heavy atom. The molecule has 1 atom stereocenters. The zero-order chi connectivity index (χ0) is 11.8. The first kappa shape index (κ1) is 11.1. The van der Waals surface area contributed by atoms with Gasteiger partial charge in [-0.2, -0.15) is 0 Å². The molecule has 5 N–H and O–H groups in total. The van der Waals surface area contributed by atoms with Crippen molar-refractivity contribution in [2.75, 3.05) is 11.9 Å². The van der Waals surface area contributed by atoms with E-state index in [9.17, 15) is 4.79 Å². The van der Waals surface area contributed by atoms with E-state index < -0.39 is 5.54 Å². The number of fused-ring (bicyclic) bond motifs is 1. The van der Waals surface area contributed by atoms with Crippen molar-refractivity contribution in [2.24, 2.45) is 11.5 Å². The predicted molar refractivity (Wildman–Crippen MR) is 64.0 cm³/mol. The van der Waals surface area contributed by atoms with Crippen molar-refractivity contribution in [3.8, 4) is 0 Å². The van der Waals surface area contributed by atoms with E-state index in [1.807, 2.05) is 25.1 Å². The van der Waals surface area contributed by atoms with Crippen LogP contribution in [0.3, 0.4) is 0 Å². The molecule has 4 heteroatoms. The monoisotopic (exact) mass is 219 g/mol. The molecule has 0 aromatic heterocycles. The number of carbonyl (C=O) groups excluding carboxylic acids is 1. The van der Waals surface area contributed by atoms with E-state index in [1.165, 1.54) is 0 Å². The molecule has 0 saturated heterocycles. The smallest absolute Gasteiger partial charge is 0.224 e. The Morgan fingerprint density at radius 1 is 1.44 bits per heavy atom. The van der Waals surface area contributed by atoms with Gasteiger partial charge in [-0.15, -0.1) is 0 Å². The van der Waals surface area contributed by atoms with Crippen LogP contribution in [-0.4, -0.2) is 12.5 Å². The van der Waals surface area contributed by atoms with Crippen molar-refractivity contribution in [3.63, 3.8) is 0 Å². The Balaban J connectivity index is 2.36. The van der Waals surface area contributed by atoms with Crippen LogP contribution in [0.4, 0.5) is 5.69 Å². The highest BCUT2D eigenvalue weighted by Crippen LogP contribution is 2.27. The fourth-order valence-corrected chi connectivity index (χ4v) is 1.86. The highest BCUT2D eigenvalue weighted by Gasteiger charge is 2.22. The molecule has 0 bridgehead atoms. The van der Waals surface area contributed by atoms with Crippen LogP contribution in [0.5, 0.6) is 0 Å². The molecule has 1 aromatic carbocycles. The van der Waals surface area contributed by atoms with E-state index in [2.05, 4.69) is 5.32 Å². The van der Waals surface area contributed by atoms with E-state index in [-0.39, 0.29) is 5.91 Å². The zero-order valence-electron chi connectivity index (χ0n) is 9.42. The molecule has 0 radical (unpaired) electrons. The third-order valence-corrected chi connectivity index (χ3v) is 3.08. The van der Waals surface area contributed by atoms with Gasteiger partial charge >= 0.3 is 0 Å². The normalized spacial score (nSPS) is 18.6. The summed E-state index contributed by atoms with van der Waals surface area (Å²) in [5.41, 5.74) is 14.3. The SMILES string of the molecule is CC(N)(CN)c1ccc2c(c1)CCC(=O)N2. The molecule has 1 heterocycles. The number of rotatable bonds is 2. The molecule has 0 fully saturated rings. The Labute approximate surface area is 95.0 Å². The van der Waals surface area contributed by atoms with Gasteiger partial charge in [0.15, 0.2) is 0 Å². The minimum absolute atomic E-state index is 0.0783. The summed E-state index contributed by atoms with van der Waals surface area (Å²) in [7, 11) is 0. The maximum Gasteiger partial charge on any atom is 0.224 e. The van der Waals surface area contributed by atoms with Crippen molar-refractivity contribution in [1.29, 1.82) is 0 Å². The van der Waals surface area contributed by atoms with E-state index in [4.69, 9.17) is 11.5 Å². The number of hydrogen-bond donors (Lipinski definition) is 3. The molecule has 4 nitrogen and oxygen atoms in total. The first-order valence-electron chi connectivity index (χ1n) is 5.45. The highest BCUT2D eigenvalue weighted by molar-refractivity contribution is 5.93. The van der Waals surface area contributed by atoms with Gasteiger partial charge < -0.3 is 16.8 Å². The minimum atomic E-state index is -0.503. The summed E-state index contributed by atoms with van der Waals surface area (Å²) in [5.74, 6) is 0.0783. The summed E-state index contributed by atoms with van der Waals surface area (Å²) >= 11 is 0. The maximum atomic E-state index is 11.2. The topological polar surface area (TPSA) is 81.1 Å². The zero-order valence-corrected chi connectivity index (χ0v) is 9.42. The first-order chi connectivity index (χ1) is 7.53. The predicted octanol–water partition coefficient (Wildman–Crippen LogP) is 0.704. The molecule has 1 aliphatic heterocycles. The number of aryl methyl sites for hydroxylation is 1. The molecule has 0 spiro atoms. The van der Waals surface area contributed by atoms with Gasteiger partial charge in [0.2, 0.25) is 5.91 Å². The standard InChI is InChI=1S/C12H17N3O/c1-12(14,7-13)9-3-4-10-8(6-9)2-5-11(16)15-10/h3-4,6H,2,5,7,13-14H2,1H3,(H,15,16). The van der Waals surface area contributed by atoms with E-state index in [0.717, 1.165) is 23.2 Å². The lowest BCUT2D eigenvalue weighted by molar-refractivity contribution is -0.116. The number of anilines is 1. The number of amides is 1. The molecule has 1 unspecified atom stereocenters. The average molecular weight is 219 g/mol. The fraction of sp³-hybridized carbons (Fsp3) is 0.417. The molecule has 0 aliphatic carbocycles.